The van der Waals surface area contributed by atoms with Crippen molar-refractivity contribution < 1.29 is 14.3 Å². The molecule has 3 rings (SSSR count). The van der Waals surface area contributed by atoms with Gasteiger partial charge in [-0.25, -0.2) is 4.98 Å². The third-order valence-corrected chi connectivity index (χ3v) is 5.40. The number of thioether (sulfide) groups is 1. The van der Waals surface area contributed by atoms with E-state index < -0.39 is 0 Å². The molecular formula is C16H17N3O3S2. The first-order valence-corrected chi connectivity index (χ1v) is 9.31. The summed E-state index contributed by atoms with van der Waals surface area (Å²) in [4.78, 5) is 30.7. The number of aryl methyl sites for hydroxylation is 1. The normalized spacial score (nSPS) is 14.1. The van der Waals surface area contributed by atoms with Crippen molar-refractivity contribution in [2.75, 3.05) is 30.6 Å². The molecule has 0 spiro atoms. The number of anilines is 1. The second-order valence-electron chi connectivity index (χ2n) is 5.27. The fraction of sp³-hybridized carbons (Fsp3) is 0.312. The van der Waals surface area contributed by atoms with Gasteiger partial charge in [-0.3, -0.25) is 9.59 Å². The fourth-order valence-corrected chi connectivity index (χ4v) is 4.10. The molecule has 1 fully saturated rings. The molecule has 126 valence electrons. The van der Waals surface area contributed by atoms with Crippen LogP contribution in [0.1, 0.15) is 4.88 Å². The number of hydrogen-bond donors (Lipinski definition) is 1. The number of benzene rings is 1. The summed E-state index contributed by atoms with van der Waals surface area (Å²) in [5.74, 6) is 1.59. The molecule has 0 bridgehead atoms. The SMILES string of the molecule is COc1ccc(-c2nc(NC(=O)CN3CSCC3=O)sc2C)cc1. The molecule has 1 aliphatic heterocycles. The van der Waals surface area contributed by atoms with E-state index in [0.717, 1.165) is 21.9 Å². The molecule has 0 aliphatic carbocycles. The summed E-state index contributed by atoms with van der Waals surface area (Å²) in [6.07, 6.45) is 0. The lowest BCUT2D eigenvalue weighted by Gasteiger charge is -2.13. The van der Waals surface area contributed by atoms with Crippen LogP contribution < -0.4 is 10.1 Å². The van der Waals surface area contributed by atoms with Gasteiger partial charge in [0.15, 0.2) is 5.13 Å². The maximum Gasteiger partial charge on any atom is 0.245 e. The quantitative estimate of drug-likeness (QED) is 0.884. The van der Waals surface area contributed by atoms with E-state index in [-0.39, 0.29) is 18.4 Å². The van der Waals surface area contributed by atoms with Crippen LogP contribution >= 0.6 is 23.1 Å². The van der Waals surface area contributed by atoms with Gasteiger partial charge >= 0.3 is 0 Å². The zero-order valence-electron chi connectivity index (χ0n) is 13.4. The van der Waals surface area contributed by atoms with Crippen molar-refractivity contribution in [2.45, 2.75) is 6.92 Å². The van der Waals surface area contributed by atoms with Crippen molar-refractivity contribution in [2.24, 2.45) is 0 Å². The van der Waals surface area contributed by atoms with Crippen LogP contribution in [0.5, 0.6) is 5.75 Å². The first-order valence-electron chi connectivity index (χ1n) is 7.34. The van der Waals surface area contributed by atoms with Gasteiger partial charge in [0.05, 0.1) is 24.4 Å². The molecule has 2 heterocycles. The van der Waals surface area contributed by atoms with E-state index in [1.165, 1.54) is 23.1 Å². The number of nitrogens with one attached hydrogen (secondary N) is 1. The summed E-state index contributed by atoms with van der Waals surface area (Å²) >= 11 is 2.94. The smallest absolute Gasteiger partial charge is 0.245 e. The first kappa shape index (κ1) is 16.8. The summed E-state index contributed by atoms with van der Waals surface area (Å²) in [6.45, 7) is 2.04. The fourth-order valence-electron chi connectivity index (χ4n) is 2.34. The number of nitrogens with zero attached hydrogens (tertiary/aromatic N) is 2. The number of amides is 2. The molecule has 0 unspecified atom stereocenters. The van der Waals surface area contributed by atoms with Crippen molar-refractivity contribution in [1.29, 1.82) is 0 Å². The van der Waals surface area contributed by atoms with Gasteiger partial charge in [0.1, 0.15) is 12.3 Å². The zero-order valence-corrected chi connectivity index (χ0v) is 15.0. The number of rotatable bonds is 5. The molecule has 1 aromatic carbocycles. The Morgan fingerprint density at radius 1 is 1.38 bits per heavy atom. The number of carbonyl (C=O) groups excluding carboxylic acids is 2. The van der Waals surface area contributed by atoms with Crippen LogP contribution in [0.2, 0.25) is 0 Å². The van der Waals surface area contributed by atoms with E-state index in [0.29, 0.717) is 16.8 Å². The van der Waals surface area contributed by atoms with Crippen molar-refractivity contribution in [3.05, 3.63) is 29.1 Å². The molecule has 2 aromatic rings. The Morgan fingerprint density at radius 2 is 2.12 bits per heavy atom. The summed E-state index contributed by atoms with van der Waals surface area (Å²) in [5.41, 5.74) is 1.81. The van der Waals surface area contributed by atoms with E-state index in [1.54, 1.807) is 12.0 Å². The van der Waals surface area contributed by atoms with Crippen LogP contribution in [0.3, 0.4) is 0 Å². The molecule has 0 saturated carbocycles. The molecule has 1 aromatic heterocycles. The minimum atomic E-state index is -0.221. The predicted molar refractivity (Wildman–Crippen MR) is 96.5 cm³/mol. The van der Waals surface area contributed by atoms with Gasteiger partial charge in [-0.05, 0) is 31.2 Å². The van der Waals surface area contributed by atoms with Crippen LogP contribution in [0.4, 0.5) is 5.13 Å². The minimum Gasteiger partial charge on any atom is -0.497 e. The molecule has 1 N–H and O–H groups in total. The van der Waals surface area contributed by atoms with E-state index in [1.807, 2.05) is 31.2 Å². The van der Waals surface area contributed by atoms with E-state index >= 15 is 0 Å². The average Bonchev–Trinajstić information content (AvgIpc) is 3.13. The molecule has 24 heavy (non-hydrogen) atoms. The molecule has 1 saturated heterocycles. The number of aromatic nitrogens is 1. The monoisotopic (exact) mass is 363 g/mol. The van der Waals surface area contributed by atoms with Crippen LogP contribution in [0.25, 0.3) is 11.3 Å². The maximum atomic E-state index is 12.1. The van der Waals surface area contributed by atoms with Gasteiger partial charge < -0.3 is 15.0 Å². The van der Waals surface area contributed by atoms with E-state index in [2.05, 4.69) is 10.3 Å². The average molecular weight is 363 g/mol. The Hall–Kier alpha value is -2.06. The molecule has 6 nitrogen and oxygen atoms in total. The number of hydrogen-bond acceptors (Lipinski definition) is 6. The predicted octanol–water partition coefficient (Wildman–Crippen LogP) is 2.60. The van der Waals surface area contributed by atoms with Crippen molar-refractivity contribution in [3.63, 3.8) is 0 Å². The summed E-state index contributed by atoms with van der Waals surface area (Å²) in [6, 6.07) is 7.63. The molecular weight excluding hydrogens is 346 g/mol. The molecule has 0 atom stereocenters. The third kappa shape index (κ3) is 3.70. The Balaban J connectivity index is 1.69. The lowest BCUT2D eigenvalue weighted by Crippen LogP contribution is -2.34. The number of methoxy groups -OCH3 is 1. The second-order valence-corrected chi connectivity index (χ2v) is 7.43. The van der Waals surface area contributed by atoms with Gasteiger partial charge in [-0.1, -0.05) is 0 Å². The maximum absolute atomic E-state index is 12.1. The molecule has 8 heteroatoms. The highest BCUT2D eigenvalue weighted by atomic mass is 32.2. The highest BCUT2D eigenvalue weighted by Crippen LogP contribution is 2.31. The highest BCUT2D eigenvalue weighted by Gasteiger charge is 2.23. The molecule has 0 radical (unpaired) electrons. The topological polar surface area (TPSA) is 71.5 Å². The largest absolute Gasteiger partial charge is 0.497 e. The van der Waals surface area contributed by atoms with Crippen LogP contribution in [0.15, 0.2) is 24.3 Å². The van der Waals surface area contributed by atoms with Crippen molar-refractivity contribution in [3.8, 4) is 17.0 Å². The van der Waals surface area contributed by atoms with E-state index in [9.17, 15) is 9.59 Å². The van der Waals surface area contributed by atoms with E-state index in [4.69, 9.17) is 4.74 Å². The van der Waals surface area contributed by atoms with Crippen LogP contribution in [-0.4, -0.2) is 47.0 Å². The van der Waals surface area contributed by atoms with Gasteiger partial charge in [-0.2, -0.15) is 0 Å². The van der Waals surface area contributed by atoms with Gasteiger partial charge in [-0.15, -0.1) is 23.1 Å². The lowest BCUT2D eigenvalue weighted by molar-refractivity contribution is -0.130. The standard InChI is InChI=1S/C16H17N3O3S2/c1-10-15(11-3-5-12(22-2)6-4-11)18-16(24-10)17-13(20)7-19-9-23-8-14(19)21/h3-6H,7-9H2,1-2H3,(H,17,18,20). The summed E-state index contributed by atoms with van der Waals surface area (Å²) < 4.78 is 5.16. The summed E-state index contributed by atoms with van der Waals surface area (Å²) in [5, 5.41) is 3.33. The lowest BCUT2D eigenvalue weighted by atomic mass is 10.1. The number of ether oxygens (including phenoxy) is 1. The number of thiazole rings is 1. The highest BCUT2D eigenvalue weighted by molar-refractivity contribution is 8.00. The Kier molecular flexibility index (Phi) is 5.06. The Morgan fingerprint density at radius 3 is 2.75 bits per heavy atom. The Labute approximate surface area is 148 Å². The first-order chi connectivity index (χ1) is 11.6. The van der Waals surface area contributed by atoms with Gasteiger partial charge in [0, 0.05) is 10.4 Å². The summed E-state index contributed by atoms with van der Waals surface area (Å²) in [7, 11) is 1.63. The van der Waals surface area contributed by atoms with Crippen LogP contribution in [-0.2, 0) is 9.59 Å². The Bertz CT molecular complexity index is 758. The minimum absolute atomic E-state index is 0.00407. The molecule has 1 aliphatic rings. The van der Waals surface area contributed by atoms with Crippen LogP contribution in [0, 0.1) is 6.92 Å². The van der Waals surface area contributed by atoms with Gasteiger partial charge in [0.25, 0.3) is 0 Å². The van der Waals surface area contributed by atoms with Crippen molar-refractivity contribution in [1.82, 2.24) is 9.88 Å². The second kappa shape index (κ2) is 7.23. The van der Waals surface area contributed by atoms with Gasteiger partial charge in [0.2, 0.25) is 11.8 Å². The van der Waals surface area contributed by atoms with Crippen molar-refractivity contribution >= 4 is 40.0 Å². The molecule has 2 amide bonds. The third-order valence-electron chi connectivity index (χ3n) is 3.57. The number of carbonyl (C=O) groups is 2. The zero-order chi connectivity index (χ0) is 17.1.